The van der Waals surface area contributed by atoms with Crippen LogP contribution in [0.5, 0.6) is 0 Å². The molecule has 0 unspecified atom stereocenters. The fourth-order valence-corrected chi connectivity index (χ4v) is 2.08. The minimum Gasteiger partial charge on any atom is -0.286 e. The number of hydrogen-bond donors (Lipinski definition) is 0. The van der Waals surface area contributed by atoms with Crippen molar-refractivity contribution in [2.24, 2.45) is 0 Å². The molecule has 2 rings (SSSR count). The largest absolute Gasteiger partial charge is 0.286 e. The Labute approximate surface area is 147 Å². The van der Waals surface area contributed by atoms with E-state index in [9.17, 15) is 29.8 Å². The van der Waals surface area contributed by atoms with E-state index in [2.05, 4.69) is 0 Å². The first-order valence-electron chi connectivity index (χ1n) is 7.31. The lowest BCUT2D eigenvalue weighted by molar-refractivity contribution is -0.385. The zero-order valence-corrected chi connectivity index (χ0v) is 13.3. The van der Waals surface area contributed by atoms with E-state index in [1.54, 1.807) is 12.1 Å². The Morgan fingerprint density at radius 2 is 1.04 bits per heavy atom. The van der Waals surface area contributed by atoms with Crippen molar-refractivity contribution in [1.82, 2.24) is 0 Å². The lowest BCUT2D eigenvalue weighted by Gasteiger charge is -1.96. The minimum absolute atomic E-state index is 0.182. The standard InChI is InChI=1S/C18H12N2O6/c21-17(11-9-13-5-1-3-7-15(13)19(23)24)18(22)12-10-14-6-2-4-8-16(14)20(25)26/h1-12H/b11-9+,12-10+. The number of rotatable bonds is 7. The molecule has 2 aromatic carbocycles. The predicted molar refractivity (Wildman–Crippen MR) is 94.3 cm³/mol. The lowest BCUT2D eigenvalue weighted by atomic mass is 10.1. The molecule has 0 saturated carbocycles. The van der Waals surface area contributed by atoms with Crippen LogP contribution in [0.3, 0.4) is 0 Å². The lowest BCUT2D eigenvalue weighted by Crippen LogP contribution is -2.07. The Morgan fingerprint density at radius 1 is 0.692 bits per heavy atom. The van der Waals surface area contributed by atoms with Crippen LogP contribution in [0.15, 0.2) is 60.7 Å². The molecule has 0 aliphatic heterocycles. The van der Waals surface area contributed by atoms with Crippen LogP contribution in [-0.4, -0.2) is 21.4 Å². The van der Waals surface area contributed by atoms with Gasteiger partial charge in [-0.1, -0.05) is 24.3 Å². The smallest absolute Gasteiger partial charge is 0.276 e. The zero-order valence-electron chi connectivity index (χ0n) is 13.3. The van der Waals surface area contributed by atoms with Crippen molar-refractivity contribution < 1.29 is 19.4 Å². The van der Waals surface area contributed by atoms with Gasteiger partial charge in [0.2, 0.25) is 11.6 Å². The maximum absolute atomic E-state index is 11.8. The number of carbonyl (C=O) groups is 2. The van der Waals surface area contributed by atoms with Crippen molar-refractivity contribution in [1.29, 1.82) is 0 Å². The predicted octanol–water partition coefficient (Wildman–Crippen LogP) is 3.37. The topological polar surface area (TPSA) is 120 Å². The first kappa shape index (κ1) is 18.4. The van der Waals surface area contributed by atoms with Gasteiger partial charge in [-0.2, -0.15) is 0 Å². The maximum atomic E-state index is 11.8. The number of hydrogen-bond acceptors (Lipinski definition) is 6. The molecule has 0 atom stereocenters. The van der Waals surface area contributed by atoms with Crippen molar-refractivity contribution >= 4 is 35.1 Å². The summed E-state index contributed by atoms with van der Waals surface area (Å²) in [5, 5.41) is 21.8. The first-order valence-corrected chi connectivity index (χ1v) is 7.31. The van der Waals surface area contributed by atoms with Crippen LogP contribution in [-0.2, 0) is 9.59 Å². The Balaban J connectivity index is 2.15. The molecule has 0 bridgehead atoms. The van der Waals surface area contributed by atoms with Crippen molar-refractivity contribution in [3.63, 3.8) is 0 Å². The maximum Gasteiger partial charge on any atom is 0.276 e. The summed E-state index contributed by atoms with van der Waals surface area (Å²) in [5.74, 6) is -1.81. The van der Waals surface area contributed by atoms with Gasteiger partial charge in [-0.15, -0.1) is 0 Å². The molecular weight excluding hydrogens is 340 g/mol. The van der Waals surface area contributed by atoms with Gasteiger partial charge in [0.15, 0.2) is 0 Å². The minimum atomic E-state index is -0.905. The molecule has 130 valence electrons. The number of allylic oxidation sites excluding steroid dienone is 2. The van der Waals surface area contributed by atoms with E-state index in [1.807, 2.05) is 0 Å². The van der Waals surface area contributed by atoms with Crippen LogP contribution >= 0.6 is 0 Å². The third kappa shape index (κ3) is 4.54. The van der Waals surface area contributed by atoms with E-state index in [0.29, 0.717) is 0 Å². The van der Waals surface area contributed by atoms with Gasteiger partial charge in [-0.3, -0.25) is 29.8 Å². The van der Waals surface area contributed by atoms with E-state index in [1.165, 1.54) is 48.6 Å². The molecule has 0 aliphatic rings. The van der Waals surface area contributed by atoms with E-state index >= 15 is 0 Å². The van der Waals surface area contributed by atoms with Crippen molar-refractivity contribution in [2.75, 3.05) is 0 Å². The number of nitro groups is 2. The summed E-state index contributed by atoms with van der Waals surface area (Å²) < 4.78 is 0. The number of carbonyl (C=O) groups excluding carboxylic acids is 2. The number of ketones is 2. The van der Waals surface area contributed by atoms with Crippen LogP contribution in [0.1, 0.15) is 11.1 Å². The van der Waals surface area contributed by atoms with E-state index in [0.717, 1.165) is 12.2 Å². The molecule has 2 aromatic rings. The molecule has 0 spiro atoms. The SMILES string of the molecule is O=C(/C=C/c1ccccc1[N+](=O)[O-])C(=O)/C=C/c1ccccc1[N+](=O)[O-]. The van der Waals surface area contributed by atoms with Crippen molar-refractivity contribution in [3.8, 4) is 0 Å². The first-order chi connectivity index (χ1) is 12.4. The van der Waals surface area contributed by atoms with Crippen LogP contribution in [0.25, 0.3) is 12.2 Å². The van der Waals surface area contributed by atoms with Gasteiger partial charge in [0.1, 0.15) is 0 Å². The summed E-state index contributed by atoms with van der Waals surface area (Å²) in [7, 11) is 0. The third-order valence-electron chi connectivity index (χ3n) is 3.34. The Morgan fingerprint density at radius 3 is 1.38 bits per heavy atom. The van der Waals surface area contributed by atoms with E-state index in [-0.39, 0.29) is 22.5 Å². The van der Waals surface area contributed by atoms with Gasteiger partial charge in [0.05, 0.1) is 21.0 Å². The average Bonchev–Trinajstić information content (AvgIpc) is 2.64. The van der Waals surface area contributed by atoms with Crippen LogP contribution in [0, 0.1) is 20.2 Å². The zero-order chi connectivity index (χ0) is 19.1. The highest BCUT2D eigenvalue weighted by molar-refractivity contribution is 6.46. The highest BCUT2D eigenvalue weighted by Crippen LogP contribution is 2.20. The summed E-state index contributed by atoms with van der Waals surface area (Å²) in [6.07, 6.45) is 4.21. The fourth-order valence-electron chi connectivity index (χ4n) is 2.08. The highest BCUT2D eigenvalue weighted by Gasteiger charge is 2.13. The van der Waals surface area contributed by atoms with Crippen molar-refractivity contribution in [3.05, 3.63) is 92.0 Å². The molecule has 0 radical (unpaired) electrons. The van der Waals surface area contributed by atoms with Gasteiger partial charge in [0, 0.05) is 12.1 Å². The molecule has 0 amide bonds. The molecule has 8 heteroatoms. The second kappa shape index (κ2) is 8.25. The summed E-state index contributed by atoms with van der Waals surface area (Å²) in [6, 6.07) is 11.5. The van der Waals surface area contributed by atoms with Crippen LogP contribution in [0.2, 0.25) is 0 Å². The average molecular weight is 352 g/mol. The van der Waals surface area contributed by atoms with Crippen LogP contribution < -0.4 is 0 Å². The second-order valence-electron chi connectivity index (χ2n) is 5.03. The summed E-state index contributed by atoms with van der Waals surface area (Å²) >= 11 is 0. The van der Waals surface area contributed by atoms with Gasteiger partial charge < -0.3 is 0 Å². The molecule has 26 heavy (non-hydrogen) atoms. The summed E-state index contributed by atoms with van der Waals surface area (Å²) in [6.45, 7) is 0. The molecule has 0 aliphatic carbocycles. The third-order valence-corrected chi connectivity index (χ3v) is 3.34. The molecular formula is C18H12N2O6. The molecule has 8 nitrogen and oxygen atoms in total. The Bertz CT molecular complexity index is 869. The van der Waals surface area contributed by atoms with Crippen molar-refractivity contribution in [2.45, 2.75) is 0 Å². The number of nitrogens with zero attached hydrogens (tertiary/aromatic N) is 2. The quantitative estimate of drug-likeness (QED) is 0.326. The highest BCUT2D eigenvalue weighted by atomic mass is 16.6. The molecule has 0 aromatic heterocycles. The van der Waals surface area contributed by atoms with Gasteiger partial charge in [-0.05, 0) is 36.4 Å². The molecule has 0 heterocycles. The number of nitro benzene ring substituents is 2. The Kier molecular flexibility index (Phi) is 5.83. The van der Waals surface area contributed by atoms with E-state index in [4.69, 9.17) is 0 Å². The van der Waals surface area contributed by atoms with Crippen LogP contribution in [0.4, 0.5) is 11.4 Å². The summed E-state index contributed by atoms with van der Waals surface area (Å²) in [4.78, 5) is 44.3. The Hall–Kier alpha value is -3.94. The molecule has 0 N–H and O–H groups in total. The number of para-hydroxylation sites is 2. The van der Waals surface area contributed by atoms with Gasteiger partial charge in [0.25, 0.3) is 11.4 Å². The second-order valence-corrected chi connectivity index (χ2v) is 5.03. The van der Waals surface area contributed by atoms with Gasteiger partial charge >= 0.3 is 0 Å². The molecule has 0 saturated heterocycles. The van der Waals surface area contributed by atoms with E-state index < -0.39 is 21.4 Å². The fraction of sp³-hybridized carbons (Fsp3) is 0. The molecule has 0 fully saturated rings. The van der Waals surface area contributed by atoms with Gasteiger partial charge in [-0.25, -0.2) is 0 Å². The summed E-state index contributed by atoms with van der Waals surface area (Å²) in [5.41, 5.74) is -0.0263. The normalized spacial score (nSPS) is 10.9. The number of benzene rings is 2. The monoisotopic (exact) mass is 352 g/mol.